The summed E-state index contributed by atoms with van der Waals surface area (Å²) in [7, 11) is 0. The third-order valence-electron chi connectivity index (χ3n) is 2.82. The fraction of sp³-hybridized carbons (Fsp3) is 0.500. The molecule has 0 saturated heterocycles. The number of hydrogen-bond donors (Lipinski definition) is 2. The van der Waals surface area contributed by atoms with Crippen molar-refractivity contribution in [2.24, 2.45) is 11.7 Å². The maximum absolute atomic E-state index is 11.2. The topological polar surface area (TPSA) is 55.1 Å². The highest BCUT2D eigenvalue weighted by Gasteiger charge is 2.17. The van der Waals surface area contributed by atoms with Gasteiger partial charge in [0.05, 0.1) is 6.04 Å². The lowest BCUT2D eigenvalue weighted by atomic mass is 10.0. The molecule has 3 nitrogen and oxygen atoms in total. The highest BCUT2D eigenvalue weighted by molar-refractivity contribution is 5.80. The van der Waals surface area contributed by atoms with Crippen LogP contribution in [0.4, 0.5) is 0 Å². The van der Waals surface area contributed by atoms with Crippen molar-refractivity contribution in [3.05, 3.63) is 35.9 Å². The molecule has 0 heterocycles. The Labute approximate surface area is 103 Å². The van der Waals surface area contributed by atoms with Crippen molar-refractivity contribution >= 4 is 5.91 Å². The highest BCUT2D eigenvalue weighted by Crippen LogP contribution is 2.03. The van der Waals surface area contributed by atoms with E-state index in [1.165, 1.54) is 5.56 Å². The van der Waals surface area contributed by atoms with Gasteiger partial charge in [0, 0.05) is 0 Å². The first-order valence-electron chi connectivity index (χ1n) is 6.18. The lowest BCUT2D eigenvalue weighted by Crippen LogP contribution is -2.45. The summed E-state index contributed by atoms with van der Waals surface area (Å²) >= 11 is 0. The molecule has 0 fully saturated rings. The molecule has 0 aromatic heterocycles. The standard InChI is InChI=1S/C14H22N2O/c1-11(2)13(14(15)17)16-10-6-9-12-7-4-3-5-8-12/h3-5,7-8,11,13,16H,6,9-10H2,1-2H3,(H2,15,17). The second-order valence-electron chi connectivity index (χ2n) is 4.67. The zero-order chi connectivity index (χ0) is 12.7. The van der Waals surface area contributed by atoms with Gasteiger partial charge < -0.3 is 11.1 Å². The molecule has 3 heteroatoms. The van der Waals surface area contributed by atoms with Gasteiger partial charge in [0.25, 0.3) is 0 Å². The fourth-order valence-corrected chi connectivity index (χ4v) is 1.86. The van der Waals surface area contributed by atoms with E-state index in [2.05, 4.69) is 17.4 Å². The van der Waals surface area contributed by atoms with Crippen molar-refractivity contribution in [3.8, 4) is 0 Å². The van der Waals surface area contributed by atoms with E-state index in [-0.39, 0.29) is 17.9 Å². The van der Waals surface area contributed by atoms with Crippen molar-refractivity contribution in [1.82, 2.24) is 5.32 Å². The first-order valence-corrected chi connectivity index (χ1v) is 6.18. The summed E-state index contributed by atoms with van der Waals surface area (Å²) < 4.78 is 0. The monoisotopic (exact) mass is 234 g/mol. The fourth-order valence-electron chi connectivity index (χ4n) is 1.86. The minimum atomic E-state index is -0.264. The second kappa shape index (κ2) is 7.07. The molecule has 1 atom stereocenters. The largest absolute Gasteiger partial charge is 0.368 e. The van der Waals surface area contributed by atoms with Gasteiger partial charge in [-0.3, -0.25) is 4.79 Å². The van der Waals surface area contributed by atoms with Crippen LogP contribution < -0.4 is 11.1 Å². The number of primary amides is 1. The van der Waals surface area contributed by atoms with Crippen LogP contribution in [0.1, 0.15) is 25.8 Å². The van der Waals surface area contributed by atoms with Crippen molar-refractivity contribution in [1.29, 1.82) is 0 Å². The van der Waals surface area contributed by atoms with Crippen LogP contribution >= 0.6 is 0 Å². The van der Waals surface area contributed by atoms with Gasteiger partial charge in [0.15, 0.2) is 0 Å². The average Bonchev–Trinajstić information content (AvgIpc) is 2.29. The Hall–Kier alpha value is -1.35. The smallest absolute Gasteiger partial charge is 0.234 e. The molecule has 3 N–H and O–H groups in total. The van der Waals surface area contributed by atoms with E-state index in [9.17, 15) is 4.79 Å². The predicted molar refractivity (Wildman–Crippen MR) is 70.6 cm³/mol. The Bertz CT molecular complexity index is 335. The summed E-state index contributed by atoms with van der Waals surface area (Å²) in [4.78, 5) is 11.2. The Balaban J connectivity index is 2.26. The SMILES string of the molecule is CC(C)C(NCCCc1ccccc1)C(N)=O. The number of hydrogen-bond acceptors (Lipinski definition) is 2. The van der Waals surface area contributed by atoms with Gasteiger partial charge in [-0.15, -0.1) is 0 Å². The van der Waals surface area contributed by atoms with Crippen LogP contribution in [0.15, 0.2) is 30.3 Å². The zero-order valence-corrected chi connectivity index (χ0v) is 10.6. The highest BCUT2D eigenvalue weighted by atomic mass is 16.1. The van der Waals surface area contributed by atoms with Crippen LogP contribution in [0, 0.1) is 5.92 Å². The maximum Gasteiger partial charge on any atom is 0.234 e. The van der Waals surface area contributed by atoms with Crippen molar-refractivity contribution < 1.29 is 4.79 Å². The van der Waals surface area contributed by atoms with Gasteiger partial charge in [0.1, 0.15) is 0 Å². The molecule has 0 radical (unpaired) electrons. The quantitative estimate of drug-likeness (QED) is 0.706. The summed E-state index contributed by atoms with van der Waals surface area (Å²) in [5.74, 6) is -0.0241. The van der Waals surface area contributed by atoms with Crippen LogP contribution in [-0.2, 0) is 11.2 Å². The van der Waals surface area contributed by atoms with Gasteiger partial charge in [-0.2, -0.15) is 0 Å². The third-order valence-corrected chi connectivity index (χ3v) is 2.82. The summed E-state index contributed by atoms with van der Waals surface area (Å²) in [6.45, 7) is 4.82. The number of carbonyl (C=O) groups is 1. The van der Waals surface area contributed by atoms with Crippen molar-refractivity contribution in [3.63, 3.8) is 0 Å². The van der Waals surface area contributed by atoms with E-state index >= 15 is 0 Å². The number of nitrogens with two attached hydrogens (primary N) is 1. The molecule has 0 aliphatic heterocycles. The van der Waals surface area contributed by atoms with Gasteiger partial charge in [-0.25, -0.2) is 0 Å². The molecule has 1 aromatic carbocycles. The zero-order valence-electron chi connectivity index (χ0n) is 10.6. The number of rotatable bonds is 7. The molecule has 0 bridgehead atoms. The van der Waals surface area contributed by atoms with Crippen molar-refractivity contribution in [2.45, 2.75) is 32.7 Å². The average molecular weight is 234 g/mol. The number of benzene rings is 1. The molecule has 0 aliphatic carbocycles. The van der Waals surface area contributed by atoms with Gasteiger partial charge in [-0.05, 0) is 30.9 Å². The summed E-state index contributed by atoms with van der Waals surface area (Å²) in [5.41, 5.74) is 6.66. The lowest BCUT2D eigenvalue weighted by molar-refractivity contribution is -0.121. The summed E-state index contributed by atoms with van der Waals surface area (Å²) in [6.07, 6.45) is 2.04. The molecule has 1 amide bonds. The molecule has 17 heavy (non-hydrogen) atoms. The third kappa shape index (κ3) is 5.00. The van der Waals surface area contributed by atoms with Gasteiger partial charge in [-0.1, -0.05) is 44.2 Å². The van der Waals surface area contributed by atoms with E-state index in [0.717, 1.165) is 19.4 Å². The molecular weight excluding hydrogens is 212 g/mol. The molecule has 0 aliphatic rings. The minimum Gasteiger partial charge on any atom is -0.368 e. The first kappa shape index (κ1) is 13.7. The van der Waals surface area contributed by atoms with Crippen molar-refractivity contribution in [2.75, 3.05) is 6.54 Å². The van der Waals surface area contributed by atoms with E-state index in [0.29, 0.717) is 0 Å². The van der Waals surface area contributed by atoms with Crippen LogP contribution in [-0.4, -0.2) is 18.5 Å². The second-order valence-corrected chi connectivity index (χ2v) is 4.67. The maximum atomic E-state index is 11.2. The Kier molecular flexibility index (Phi) is 5.70. The molecule has 94 valence electrons. The van der Waals surface area contributed by atoms with Crippen LogP contribution in [0.5, 0.6) is 0 Å². The lowest BCUT2D eigenvalue weighted by Gasteiger charge is -2.18. The molecule has 1 aromatic rings. The van der Waals surface area contributed by atoms with E-state index in [4.69, 9.17) is 5.73 Å². The Morgan fingerprint density at radius 1 is 1.29 bits per heavy atom. The molecule has 1 unspecified atom stereocenters. The molecule has 0 spiro atoms. The van der Waals surface area contributed by atoms with E-state index < -0.39 is 0 Å². The normalized spacial score (nSPS) is 12.6. The number of carbonyl (C=O) groups excluding carboxylic acids is 1. The van der Waals surface area contributed by atoms with Crippen LogP contribution in [0.3, 0.4) is 0 Å². The minimum absolute atomic E-state index is 0.217. The van der Waals surface area contributed by atoms with Gasteiger partial charge in [0.2, 0.25) is 5.91 Å². The molecular formula is C14H22N2O. The summed E-state index contributed by atoms with van der Waals surface area (Å²) in [5, 5.41) is 3.21. The van der Waals surface area contributed by atoms with Gasteiger partial charge >= 0.3 is 0 Å². The predicted octanol–water partition coefficient (Wildman–Crippen LogP) is 1.72. The van der Waals surface area contributed by atoms with Crippen LogP contribution in [0.25, 0.3) is 0 Å². The number of aryl methyl sites for hydroxylation is 1. The Morgan fingerprint density at radius 3 is 2.47 bits per heavy atom. The molecule has 0 saturated carbocycles. The Morgan fingerprint density at radius 2 is 1.94 bits per heavy atom. The summed E-state index contributed by atoms with van der Waals surface area (Å²) in [6, 6.07) is 10.1. The van der Waals surface area contributed by atoms with E-state index in [1.807, 2.05) is 32.0 Å². The first-order chi connectivity index (χ1) is 8.11. The number of amides is 1. The van der Waals surface area contributed by atoms with Crippen LogP contribution in [0.2, 0.25) is 0 Å². The molecule has 1 rings (SSSR count). The van der Waals surface area contributed by atoms with E-state index in [1.54, 1.807) is 0 Å². The number of nitrogens with one attached hydrogen (secondary N) is 1.